The first kappa shape index (κ1) is 17.5. The number of pyridine rings is 1. The van der Waals surface area contributed by atoms with Crippen molar-refractivity contribution < 1.29 is 14.7 Å². The van der Waals surface area contributed by atoms with Gasteiger partial charge in [-0.2, -0.15) is 0 Å². The van der Waals surface area contributed by atoms with Crippen LogP contribution >= 0.6 is 0 Å². The van der Waals surface area contributed by atoms with Crippen molar-refractivity contribution in [1.29, 1.82) is 0 Å². The molecule has 1 atom stereocenters. The van der Waals surface area contributed by atoms with Gasteiger partial charge >= 0.3 is 0 Å². The maximum atomic E-state index is 12.6. The fourth-order valence-corrected chi connectivity index (χ4v) is 4.97. The Bertz CT molecular complexity index is 689. The Kier molecular flexibility index (Phi) is 4.47. The molecule has 140 valence electrons. The zero-order chi connectivity index (χ0) is 18.3. The summed E-state index contributed by atoms with van der Waals surface area (Å²) in [7, 11) is 0. The SMILES string of the molecule is Cc1ccc(C(=O)N2CCC(N3C(=O)C(O)C34CCCCC4)CC2)cn1. The van der Waals surface area contributed by atoms with Gasteiger partial charge in [-0.15, -0.1) is 0 Å². The molecule has 0 bridgehead atoms. The molecular formula is C20H27N3O3. The van der Waals surface area contributed by atoms with E-state index in [2.05, 4.69) is 4.98 Å². The standard InChI is InChI=1S/C20H27N3O3/c1-14-5-6-15(13-21-14)18(25)22-11-7-16(8-12-22)23-19(26)17(24)20(23)9-3-2-4-10-20/h5-6,13,16-17,24H,2-4,7-12H2,1H3. The molecule has 0 aromatic carbocycles. The number of hydrogen-bond donors (Lipinski definition) is 1. The van der Waals surface area contributed by atoms with Gasteiger partial charge in [0.05, 0.1) is 11.1 Å². The summed E-state index contributed by atoms with van der Waals surface area (Å²) in [5.41, 5.74) is 1.19. The predicted molar refractivity (Wildman–Crippen MR) is 96.6 cm³/mol. The zero-order valence-electron chi connectivity index (χ0n) is 15.4. The number of hydrogen-bond acceptors (Lipinski definition) is 4. The average molecular weight is 357 g/mol. The van der Waals surface area contributed by atoms with Crippen molar-refractivity contribution in [3.05, 3.63) is 29.6 Å². The number of carbonyl (C=O) groups excluding carboxylic acids is 2. The van der Waals surface area contributed by atoms with Crippen LogP contribution in [0.15, 0.2) is 18.3 Å². The Hall–Kier alpha value is -1.95. The summed E-state index contributed by atoms with van der Waals surface area (Å²) >= 11 is 0. The summed E-state index contributed by atoms with van der Waals surface area (Å²) in [5.74, 6) is -0.0993. The Morgan fingerprint density at radius 1 is 1.19 bits per heavy atom. The lowest BCUT2D eigenvalue weighted by Crippen LogP contribution is -2.77. The monoisotopic (exact) mass is 357 g/mol. The smallest absolute Gasteiger partial charge is 0.255 e. The number of likely N-dealkylation sites (tertiary alicyclic amines) is 2. The summed E-state index contributed by atoms with van der Waals surface area (Å²) in [6.07, 6.45) is 7.56. The van der Waals surface area contributed by atoms with E-state index in [0.717, 1.165) is 44.2 Å². The average Bonchev–Trinajstić information content (AvgIpc) is 2.69. The van der Waals surface area contributed by atoms with Gasteiger partial charge in [-0.3, -0.25) is 14.6 Å². The minimum atomic E-state index is -0.818. The van der Waals surface area contributed by atoms with Gasteiger partial charge in [-0.05, 0) is 44.7 Å². The first-order chi connectivity index (χ1) is 12.5. The van der Waals surface area contributed by atoms with Gasteiger partial charge in [0.2, 0.25) is 0 Å². The summed E-state index contributed by atoms with van der Waals surface area (Å²) < 4.78 is 0. The van der Waals surface area contributed by atoms with Crippen LogP contribution in [0.3, 0.4) is 0 Å². The van der Waals surface area contributed by atoms with Crippen molar-refractivity contribution in [3.63, 3.8) is 0 Å². The van der Waals surface area contributed by atoms with E-state index in [4.69, 9.17) is 0 Å². The van der Waals surface area contributed by atoms with E-state index in [0.29, 0.717) is 18.7 Å². The topological polar surface area (TPSA) is 73.7 Å². The van der Waals surface area contributed by atoms with Gasteiger partial charge in [-0.1, -0.05) is 19.3 Å². The second kappa shape index (κ2) is 6.65. The molecule has 6 nitrogen and oxygen atoms in total. The third-order valence-corrected chi connectivity index (χ3v) is 6.45. The number of nitrogens with zero attached hydrogens (tertiary/aromatic N) is 3. The highest BCUT2D eigenvalue weighted by Crippen LogP contribution is 2.46. The molecule has 26 heavy (non-hydrogen) atoms. The van der Waals surface area contributed by atoms with E-state index < -0.39 is 6.10 Å². The molecule has 1 spiro atoms. The molecule has 2 aliphatic heterocycles. The van der Waals surface area contributed by atoms with Gasteiger partial charge in [0.25, 0.3) is 11.8 Å². The van der Waals surface area contributed by atoms with Crippen LogP contribution in [0.5, 0.6) is 0 Å². The molecule has 3 heterocycles. The van der Waals surface area contributed by atoms with E-state index >= 15 is 0 Å². The molecule has 1 aromatic rings. The molecule has 1 N–H and O–H groups in total. The van der Waals surface area contributed by atoms with Crippen LogP contribution < -0.4 is 0 Å². The molecule has 1 saturated carbocycles. The molecule has 2 amide bonds. The minimum absolute atomic E-state index is 0.0123. The molecule has 0 radical (unpaired) electrons. The van der Waals surface area contributed by atoms with Crippen LogP contribution in [-0.2, 0) is 4.79 Å². The first-order valence-electron chi connectivity index (χ1n) is 9.76. The van der Waals surface area contributed by atoms with Crippen molar-refractivity contribution in [2.75, 3.05) is 13.1 Å². The van der Waals surface area contributed by atoms with Crippen molar-refractivity contribution in [2.45, 2.75) is 69.6 Å². The summed E-state index contributed by atoms with van der Waals surface area (Å²) in [5, 5.41) is 10.3. The van der Waals surface area contributed by atoms with Gasteiger partial charge in [0.1, 0.15) is 0 Å². The number of aliphatic hydroxyl groups is 1. The van der Waals surface area contributed by atoms with Gasteiger partial charge < -0.3 is 14.9 Å². The summed E-state index contributed by atoms with van der Waals surface area (Å²) in [6, 6.07) is 3.82. The van der Waals surface area contributed by atoms with Crippen LogP contribution in [0.2, 0.25) is 0 Å². The Balaban J connectivity index is 1.41. The third-order valence-electron chi connectivity index (χ3n) is 6.45. The fraction of sp³-hybridized carbons (Fsp3) is 0.650. The molecule has 1 unspecified atom stereocenters. The lowest BCUT2D eigenvalue weighted by molar-refractivity contribution is -0.200. The lowest BCUT2D eigenvalue weighted by Gasteiger charge is -2.61. The van der Waals surface area contributed by atoms with E-state index in [1.54, 1.807) is 6.20 Å². The van der Waals surface area contributed by atoms with Crippen molar-refractivity contribution in [2.24, 2.45) is 0 Å². The summed E-state index contributed by atoms with van der Waals surface area (Å²) in [4.78, 5) is 33.1. The predicted octanol–water partition coefficient (Wildman–Crippen LogP) is 1.90. The molecule has 1 aromatic heterocycles. The van der Waals surface area contributed by atoms with Crippen molar-refractivity contribution in [1.82, 2.24) is 14.8 Å². The molecule has 1 aliphatic carbocycles. The maximum absolute atomic E-state index is 12.6. The number of aromatic nitrogens is 1. The zero-order valence-corrected chi connectivity index (χ0v) is 15.4. The summed E-state index contributed by atoms with van der Waals surface area (Å²) in [6.45, 7) is 3.19. The number of piperidine rings is 1. The van der Waals surface area contributed by atoms with E-state index in [9.17, 15) is 14.7 Å². The van der Waals surface area contributed by atoms with Crippen LogP contribution in [0.25, 0.3) is 0 Å². The number of β-lactam (4-membered cyclic amide) rings is 1. The molecule has 2 saturated heterocycles. The van der Waals surface area contributed by atoms with Crippen LogP contribution in [0, 0.1) is 6.92 Å². The van der Waals surface area contributed by atoms with E-state index in [-0.39, 0.29) is 23.4 Å². The van der Waals surface area contributed by atoms with E-state index in [1.165, 1.54) is 6.42 Å². The Labute approximate surface area is 154 Å². The molecule has 3 fully saturated rings. The highest BCUT2D eigenvalue weighted by Gasteiger charge is 2.61. The van der Waals surface area contributed by atoms with Gasteiger partial charge in [0, 0.05) is 31.0 Å². The normalized spacial score (nSPS) is 26.1. The molecule has 3 aliphatic rings. The second-order valence-corrected chi connectivity index (χ2v) is 7.99. The Morgan fingerprint density at radius 2 is 1.88 bits per heavy atom. The Morgan fingerprint density at radius 3 is 2.50 bits per heavy atom. The number of carbonyl (C=O) groups is 2. The first-order valence-corrected chi connectivity index (χ1v) is 9.76. The lowest BCUT2D eigenvalue weighted by atomic mass is 9.68. The number of rotatable bonds is 2. The third kappa shape index (κ3) is 2.71. The fourth-order valence-electron chi connectivity index (χ4n) is 4.97. The quantitative estimate of drug-likeness (QED) is 0.821. The molecule has 6 heteroatoms. The van der Waals surface area contributed by atoms with Crippen LogP contribution in [-0.4, -0.2) is 62.5 Å². The maximum Gasteiger partial charge on any atom is 0.255 e. The van der Waals surface area contributed by atoms with E-state index in [1.807, 2.05) is 28.9 Å². The van der Waals surface area contributed by atoms with Gasteiger partial charge in [-0.25, -0.2) is 0 Å². The van der Waals surface area contributed by atoms with Crippen LogP contribution in [0.1, 0.15) is 61.0 Å². The van der Waals surface area contributed by atoms with Crippen LogP contribution in [0.4, 0.5) is 0 Å². The molecular weight excluding hydrogens is 330 g/mol. The molecule has 4 rings (SSSR count). The highest BCUT2D eigenvalue weighted by atomic mass is 16.3. The highest BCUT2D eigenvalue weighted by molar-refractivity contribution is 5.94. The van der Waals surface area contributed by atoms with Gasteiger partial charge in [0.15, 0.2) is 6.10 Å². The number of amides is 2. The van der Waals surface area contributed by atoms with Crippen molar-refractivity contribution >= 4 is 11.8 Å². The number of aryl methyl sites for hydroxylation is 1. The van der Waals surface area contributed by atoms with Crippen molar-refractivity contribution in [3.8, 4) is 0 Å². The largest absolute Gasteiger partial charge is 0.381 e. The second-order valence-electron chi connectivity index (χ2n) is 7.99. The minimum Gasteiger partial charge on any atom is -0.381 e. The number of aliphatic hydroxyl groups excluding tert-OH is 1.